The SMILES string of the molecule is COc1cc(Cl)nc(C(N)=O)c1. The summed E-state index contributed by atoms with van der Waals surface area (Å²) in [5.74, 6) is -0.167. The lowest BCUT2D eigenvalue weighted by Crippen LogP contribution is -2.13. The molecule has 5 heteroatoms. The molecule has 0 radical (unpaired) electrons. The average molecular weight is 187 g/mol. The first-order chi connectivity index (χ1) is 5.63. The van der Waals surface area contributed by atoms with Crippen LogP contribution in [0.4, 0.5) is 0 Å². The Kier molecular flexibility index (Phi) is 2.50. The topological polar surface area (TPSA) is 65.2 Å². The van der Waals surface area contributed by atoms with E-state index in [0.717, 1.165) is 0 Å². The van der Waals surface area contributed by atoms with Gasteiger partial charge in [0.25, 0.3) is 5.91 Å². The van der Waals surface area contributed by atoms with Gasteiger partial charge in [-0.15, -0.1) is 0 Å². The Morgan fingerprint density at radius 2 is 2.33 bits per heavy atom. The largest absolute Gasteiger partial charge is 0.497 e. The molecule has 64 valence electrons. The van der Waals surface area contributed by atoms with Crippen molar-refractivity contribution < 1.29 is 9.53 Å². The molecule has 4 nitrogen and oxygen atoms in total. The van der Waals surface area contributed by atoms with Crippen LogP contribution in [0.5, 0.6) is 5.75 Å². The molecule has 1 aromatic heterocycles. The minimum Gasteiger partial charge on any atom is -0.497 e. The summed E-state index contributed by atoms with van der Waals surface area (Å²) in [5.41, 5.74) is 5.09. The van der Waals surface area contributed by atoms with Crippen LogP contribution >= 0.6 is 11.6 Å². The van der Waals surface area contributed by atoms with Gasteiger partial charge in [-0.3, -0.25) is 4.79 Å². The highest BCUT2D eigenvalue weighted by Gasteiger charge is 2.05. The average Bonchev–Trinajstić information content (AvgIpc) is 2.03. The molecule has 1 rings (SSSR count). The number of hydrogen-bond donors (Lipinski definition) is 1. The van der Waals surface area contributed by atoms with Crippen molar-refractivity contribution in [2.75, 3.05) is 7.11 Å². The standard InChI is InChI=1S/C7H7ClN2O2/c1-12-4-2-5(7(9)11)10-6(8)3-4/h2-3H,1H3,(H2,9,11). The number of halogens is 1. The molecule has 0 bridgehead atoms. The molecule has 1 amide bonds. The first kappa shape index (κ1) is 8.80. The monoisotopic (exact) mass is 186 g/mol. The second-order valence-corrected chi connectivity index (χ2v) is 2.47. The van der Waals surface area contributed by atoms with Crippen LogP contribution in [0.1, 0.15) is 10.5 Å². The van der Waals surface area contributed by atoms with Crippen LogP contribution in [0, 0.1) is 0 Å². The maximum Gasteiger partial charge on any atom is 0.267 e. The zero-order valence-corrected chi connectivity index (χ0v) is 7.13. The molecule has 0 fully saturated rings. The smallest absolute Gasteiger partial charge is 0.267 e. The fourth-order valence-corrected chi connectivity index (χ4v) is 0.916. The number of carbonyl (C=O) groups is 1. The Morgan fingerprint density at radius 3 is 2.83 bits per heavy atom. The summed E-state index contributed by atoms with van der Waals surface area (Å²) in [6.07, 6.45) is 0. The van der Waals surface area contributed by atoms with Crippen LogP contribution < -0.4 is 10.5 Å². The van der Waals surface area contributed by atoms with E-state index in [-0.39, 0.29) is 10.8 Å². The third kappa shape index (κ3) is 1.85. The number of rotatable bonds is 2. The predicted octanol–water partition coefficient (Wildman–Crippen LogP) is 0.843. The van der Waals surface area contributed by atoms with E-state index < -0.39 is 5.91 Å². The van der Waals surface area contributed by atoms with Crippen LogP contribution in [0.3, 0.4) is 0 Å². The molecule has 2 N–H and O–H groups in total. The summed E-state index contributed by atoms with van der Waals surface area (Å²) in [4.78, 5) is 14.4. The fourth-order valence-electron chi connectivity index (χ4n) is 0.718. The second-order valence-electron chi connectivity index (χ2n) is 2.08. The van der Waals surface area contributed by atoms with E-state index in [4.69, 9.17) is 22.1 Å². The van der Waals surface area contributed by atoms with E-state index in [0.29, 0.717) is 5.75 Å². The molecule has 0 saturated heterocycles. The Balaban J connectivity index is 3.15. The number of carbonyl (C=O) groups excluding carboxylic acids is 1. The lowest BCUT2D eigenvalue weighted by Gasteiger charge is -2.01. The van der Waals surface area contributed by atoms with Crippen LogP contribution in [-0.4, -0.2) is 18.0 Å². The molecular formula is C7H7ClN2O2. The van der Waals surface area contributed by atoms with E-state index in [1.54, 1.807) is 0 Å². The molecule has 12 heavy (non-hydrogen) atoms. The first-order valence-electron chi connectivity index (χ1n) is 3.15. The van der Waals surface area contributed by atoms with Gasteiger partial charge in [-0.05, 0) is 0 Å². The summed E-state index contributed by atoms with van der Waals surface area (Å²) < 4.78 is 4.85. The summed E-state index contributed by atoms with van der Waals surface area (Å²) in [7, 11) is 1.47. The molecular weight excluding hydrogens is 180 g/mol. The third-order valence-electron chi connectivity index (χ3n) is 1.26. The molecule has 1 aromatic rings. The van der Waals surface area contributed by atoms with Gasteiger partial charge in [0.1, 0.15) is 16.6 Å². The Hall–Kier alpha value is -1.29. The quantitative estimate of drug-likeness (QED) is 0.697. The number of methoxy groups -OCH3 is 1. The van der Waals surface area contributed by atoms with Crippen molar-refractivity contribution in [3.8, 4) is 5.75 Å². The number of aromatic nitrogens is 1. The lowest BCUT2D eigenvalue weighted by molar-refractivity contribution is 0.0995. The number of ether oxygens (including phenoxy) is 1. The summed E-state index contributed by atoms with van der Waals surface area (Å²) in [6, 6.07) is 2.92. The summed E-state index contributed by atoms with van der Waals surface area (Å²) in [5, 5.41) is 0.183. The first-order valence-corrected chi connectivity index (χ1v) is 3.52. The van der Waals surface area contributed by atoms with Crippen molar-refractivity contribution in [2.24, 2.45) is 5.73 Å². The Labute approximate surface area is 74.3 Å². The zero-order valence-electron chi connectivity index (χ0n) is 6.37. The minimum absolute atomic E-state index is 0.0966. The van der Waals surface area contributed by atoms with Crippen LogP contribution in [0.25, 0.3) is 0 Å². The van der Waals surface area contributed by atoms with Gasteiger partial charge in [-0.1, -0.05) is 11.6 Å². The molecule has 0 aliphatic carbocycles. The molecule has 0 aliphatic rings. The highest BCUT2D eigenvalue weighted by molar-refractivity contribution is 6.29. The maximum atomic E-state index is 10.7. The molecule has 1 heterocycles. The van der Waals surface area contributed by atoms with Crippen molar-refractivity contribution in [1.82, 2.24) is 4.98 Å². The van der Waals surface area contributed by atoms with Crippen molar-refractivity contribution >= 4 is 17.5 Å². The fraction of sp³-hybridized carbons (Fsp3) is 0.143. The van der Waals surface area contributed by atoms with Crippen LogP contribution in [0.15, 0.2) is 12.1 Å². The minimum atomic E-state index is -0.629. The van der Waals surface area contributed by atoms with Gasteiger partial charge in [0.05, 0.1) is 7.11 Å². The van der Waals surface area contributed by atoms with Gasteiger partial charge in [0.15, 0.2) is 0 Å². The van der Waals surface area contributed by atoms with Crippen LogP contribution in [0.2, 0.25) is 5.15 Å². The zero-order chi connectivity index (χ0) is 9.14. The number of hydrogen-bond acceptors (Lipinski definition) is 3. The van der Waals surface area contributed by atoms with E-state index >= 15 is 0 Å². The Morgan fingerprint density at radius 1 is 1.67 bits per heavy atom. The van der Waals surface area contributed by atoms with E-state index in [1.165, 1.54) is 19.2 Å². The van der Waals surface area contributed by atoms with Gasteiger partial charge >= 0.3 is 0 Å². The van der Waals surface area contributed by atoms with Gasteiger partial charge < -0.3 is 10.5 Å². The summed E-state index contributed by atoms with van der Waals surface area (Å²) >= 11 is 5.57. The Bertz CT molecular complexity index is 314. The van der Waals surface area contributed by atoms with Crippen LogP contribution in [-0.2, 0) is 0 Å². The number of amides is 1. The van der Waals surface area contributed by atoms with Gasteiger partial charge in [0.2, 0.25) is 0 Å². The number of nitrogens with two attached hydrogens (primary N) is 1. The number of pyridine rings is 1. The van der Waals surface area contributed by atoms with Crippen molar-refractivity contribution in [2.45, 2.75) is 0 Å². The normalized spacial score (nSPS) is 9.50. The van der Waals surface area contributed by atoms with Gasteiger partial charge in [-0.25, -0.2) is 4.98 Å². The predicted molar refractivity (Wildman–Crippen MR) is 44.3 cm³/mol. The lowest BCUT2D eigenvalue weighted by atomic mass is 10.3. The molecule has 0 aliphatic heterocycles. The van der Waals surface area contributed by atoms with Crippen molar-refractivity contribution in [3.05, 3.63) is 23.0 Å². The van der Waals surface area contributed by atoms with E-state index in [9.17, 15) is 4.79 Å². The highest BCUT2D eigenvalue weighted by Crippen LogP contribution is 2.16. The molecule has 0 unspecified atom stereocenters. The second kappa shape index (κ2) is 3.40. The third-order valence-corrected chi connectivity index (χ3v) is 1.45. The highest BCUT2D eigenvalue weighted by atomic mass is 35.5. The van der Waals surface area contributed by atoms with E-state index in [1.807, 2.05) is 0 Å². The summed E-state index contributed by atoms with van der Waals surface area (Å²) in [6.45, 7) is 0. The number of primary amides is 1. The van der Waals surface area contributed by atoms with Crippen molar-refractivity contribution in [3.63, 3.8) is 0 Å². The molecule has 0 atom stereocenters. The number of nitrogens with zero attached hydrogens (tertiary/aromatic N) is 1. The van der Waals surface area contributed by atoms with E-state index in [2.05, 4.69) is 4.98 Å². The maximum absolute atomic E-state index is 10.7. The van der Waals surface area contributed by atoms with Gasteiger partial charge in [-0.2, -0.15) is 0 Å². The van der Waals surface area contributed by atoms with Gasteiger partial charge in [0, 0.05) is 12.1 Å². The molecule has 0 saturated carbocycles. The molecule has 0 spiro atoms. The van der Waals surface area contributed by atoms with Crippen molar-refractivity contribution in [1.29, 1.82) is 0 Å². The molecule has 0 aromatic carbocycles.